The van der Waals surface area contributed by atoms with Crippen molar-refractivity contribution < 1.29 is 19.1 Å². The molecule has 0 aromatic rings. The van der Waals surface area contributed by atoms with Crippen molar-refractivity contribution in [1.82, 2.24) is 15.1 Å². The Morgan fingerprint density at radius 2 is 1.68 bits per heavy atom. The van der Waals surface area contributed by atoms with Gasteiger partial charge < -0.3 is 15.0 Å². The number of nitrogens with zero attached hydrogens (tertiary/aromatic N) is 2. The highest BCUT2D eigenvalue weighted by Gasteiger charge is 2.39. The maximum atomic E-state index is 13.8. The van der Waals surface area contributed by atoms with E-state index in [-0.39, 0.29) is 41.7 Å². The number of carbonyl (C=O) groups is 3. The molecule has 2 fully saturated rings. The first-order chi connectivity index (χ1) is 16.1. The molecule has 1 heterocycles. The van der Waals surface area contributed by atoms with Gasteiger partial charge in [0.15, 0.2) is 0 Å². The smallest absolute Gasteiger partial charge is 0.333 e. The minimum absolute atomic E-state index is 0.0219. The van der Waals surface area contributed by atoms with Gasteiger partial charge in [0.1, 0.15) is 6.04 Å². The normalized spacial score (nSPS) is 22.0. The molecule has 0 bridgehead atoms. The van der Waals surface area contributed by atoms with Crippen LogP contribution in [0.4, 0.5) is 0 Å². The number of likely N-dealkylation sites (N-methyl/N-ethyl adjacent to an activating group) is 1. The Morgan fingerprint density at radius 3 is 2.24 bits per heavy atom. The molecule has 2 rings (SSSR count). The van der Waals surface area contributed by atoms with Crippen LogP contribution in [0.1, 0.15) is 86.5 Å². The van der Waals surface area contributed by atoms with Crippen LogP contribution in [0.2, 0.25) is 0 Å². The minimum Gasteiger partial charge on any atom is -0.463 e. The molecule has 2 aliphatic rings. The van der Waals surface area contributed by atoms with Crippen molar-refractivity contribution in [1.29, 1.82) is 0 Å². The summed E-state index contributed by atoms with van der Waals surface area (Å²) in [6.07, 6.45) is 8.89. The van der Waals surface area contributed by atoms with Crippen LogP contribution in [0, 0.1) is 11.8 Å². The molecule has 0 spiro atoms. The van der Waals surface area contributed by atoms with Crippen molar-refractivity contribution in [3.63, 3.8) is 0 Å². The number of hydrogen-bond donors (Lipinski definition) is 1. The standard InChI is InChI=1S/C27H47N3O4/c1-8-34-27(33)20(6)17-23(18(2)3)29(7)26(32)24(21-13-9-10-14-21)28-25(31)22-15-11-12-16-30(22)19(4)5/h17-19,21-24H,8-16H2,1-7H3,(H,28,31)/t22?,23-,24+/m1/s1. The molecule has 1 N–H and O–H groups in total. The summed E-state index contributed by atoms with van der Waals surface area (Å²) >= 11 is 0. The van der Waals surface area contributed by atoms with Gasteiger partial charge in [-0.1, -0.05) is 39.2 Å². The van der Waals surface area contributed by atoms with Crippen LogP contribution in [-0.2, 0) is 19.1 Å². The summed E-state index contributed by atoms with van der Waals surface area (Å²) in [5, 5.41) is 3.20. The van der Waals surface area contributed by atoms with Gasteiger partial charge in [-0.25, -0.2) is 4.79 Å². The Balaban J connectivity index is 2.25. The van der Waals surface area contributed by atoms with Crippen molar-refractivity contribution in [3.05, 3.63) is 11.6 Å². The number of amides is 2. The average Bonchev–Trinajstić information content (AvgIpc) is 3.34. The van der Waals surface area contributed by atoms with Crippen molar-refractivity contribution in [2.24, 2.45) is 11.8 Å². The zero-order chi connectivity index (χ0) is 25.4. The largest absolute Gasteiger partial charge is 0.463 e. The summed E-state index contributed by atoms with van der Waals surface area (Å²) < 4.78 is 5.13. The van der Waals surface area contributed by atoms with Crippen LogP contribution in [0.25, 0.3) is 0 Å². The molecule has 34 heavy (non-hydrogen) atoms. The quantitative estimate of drug-likeness (QED) is 0.381. The van der Waals surface area contributed by atoms with Gasteiger partial charge in [-0.3, -0.25) is 14.5 Å². The highest BCUT2D eigenvalue weighted by molar-refractivity contribution is 5.91. The zero-order valence-corrected chi connectivity index (χ0v) is 22.4. The second kappa shape index (κ2) is 13.3. The van der Waals surface area contributed by atoms with E-state index >= 15 is 0 Å². The molecule has 194 valence electrons. The lowest BCUT2D eigenvalue weighted by molar-refractivity contribution is -0.141. The third-order valence-electron chi connectivity index (χ3n) is 7.44. The van der Waals surface area contributed by atoms with Gasteiger partial charge >= 0.3 is 5.97 Å². The van der Waals surface area contributed by atoms with E-state index in [2.05, 4.69) is 24.1 Å². The first kappa shape index (κ1) is 28.3. The number of nitrogens with one attached hydrogen (secondary N) is 1. The molecule has 1 saturated carbocycles. The van der Waals surface area contributed by atoms with Crippen LogP contribution in [0.15, 0.2) is 11.6 Å². The van der Waals surface area contributed by atoms with E-state index in [9.17, 15) is 14.4 Å². The Labute approximate surface area is 206 Å². The zero-order valence-electron chi connectivity index (χ0n) is 22.4. The second-order valence-electron chi connectivity index (χ2n) is 10.6. The molecule has 3 atom stereocenters. The fraction of sp³-hybridized carbons (Fsp3) is 0.815. The lowest BCUT2D eigenvalue weighted by Gasteiger charge is -2.39. The van der Waals surface area contributed by atoms with Crippen LogP contribution < -0.4 is 5.32 Å². The van der Waals surface area contributed by atoms with E-state index in [1.165, 1.54) is 0 Å². The summed E-state index contributed by atoms with van der Waals surface area (Å²) in [5.74, 6) is -0.197. The Kier molecular flexibility index (Phi) is 11.1. The summed E-state index contributed by atoms with van der Waals surface area (Å²) in [4.78, 5) is 43.5. The number of esters is 1. The van der Waals surface area contributed by atoms with Crippen molar-refractivity contribution >= 4 is 17.8 Å². The van der Waals surface area contributed by atoms with Gasteiger partial charge in [-0.05, 0) is 71.8 Å². The minimum atomic E-state index is -0.534. The highest BCUT2D eigenvalue weighted by atomic mass is 16.5. The van der Waals surface area contributed by atoms with Gasteiger partial charge in [-0.2, -0.15) is 0 Å². The van der Waals surface area contributed by atoms with Crippen LogP contribution in [0.5, 0.6) is 0 Å². The lowest BCUT2D eigenvalue weighted by atomic mass is 9.93. The molecule has 1 saturated heterocycles. The van der Waals surface area contributed by atoms with E-state index in [4.69, 9.17) is 4.74 Å². The molecule has 7 nitrogen and oxygen atoms in total. The van der Waals surface area contributed by atoms with E-state index < -0.39 is 6.04 Å². The number of ether oxygens (including phenoxy) is 1. The number of hydrogen-bond acceptors (Lipinski definition) is 5. The summed E-state index contributed by atoms with van der Waals surface area (Å²) in [6.45, 7) is 13.1. The predicted octanol–water partition coefficient (Wildman–Crippen LogP) is 3.92. The molecule has 1 aliphatic carbocycles. The van der Waals surface area contributed by atoms with Gasteiger partial charge in [0.25, 0.3) is 0 Å². The first-order valence-electron chi connectivity index (χ1n) is 13.3. The monoisotopic (exact) mass is 477 g/mol. The highest BCUT2D eigenvalue weighted by Crippen LogP contribution is 2.30. The molecule has 7 heteroatoms. The number of carbonyl (C=O) groups excluding carboxylic acids is 3. The second-order valence-corrected chi connectivity index (χ2v) is 10.6. The Bertz CT molecular complexity index is 727. The maximum absolute atomic E-state index is 13.8. The first-order valence-corrected chi connectivity index (χ1v) is 13.3. The fourth-order valence-corrected chi connectivity index (χ4v) is 5.46. The van der Waals surface area contributed by atoms with Crippen molar-refractivity contribution in [2.75, 3.05) is 20.2 Å². The van der Waals surface area contributed by atoms with Gasteiger partial charge in [0, 0.05) is 18.7 Å². The Hall–Kier alpha value is -1.89. The third kappa shape index (κ3) is 7.30. The molecule has 0 aromatic heterocycles. The molecular formula is C27H47N3O4. The molecule has 2 amide bonds. The topological polar surface area (TPSA) is 79.0 Å². The molecule has 1 aliphatic heterocycles. The van der Waals surface area contributed by atoms with E-state index in [1.54, 1.807) is 25.8 Å². The summed E-state index contributed by atoms with van der Waals surface area (Å²) in [6, 6.07) is -0.684. The molecule has 0 radical (unpaired) electrons. The summed E-state index contributed by atoms with van der Waals surface area (Å²) in [7, 11) is 1.79. The maximum Gasteiger partial charge on any atom is 0.333 e. The third-order valence-corrected chi connectivity index (χ3v) is 7.44. The molecule has 0 aromatic carbocycles. The number of piperidine rings is 1. The van der Waals surface area contributed by atoms with Crippen LogP contribution >= 0.6 is 0 Å². The van der Waals surface area contributed by atoms with Crippen LogP contribution in [-0.4, -0.2) is 72.0 Å². The molecule has 1 unspecified atom stereocenters. The van der Waals surface area contributed by atoms with Gasteiger partial charge in [-0.15, -0.1) is 0 Å². The number of rotatable bonds is 10. The molecular weight excluding hydrogens is 430 g/mol. The van der Waals surface area contributed by atoms with Gasteiger partial charge in [0.05, 0.1) is 18.7 Å². The van der Waals surface area contributed by atoms with E-state index in [1.807, 2.05) is 19.9 Å². The number of likely N-dealkylation sites (tertiary alicyclic amines) is 1. The summed E-state index contributed by atoms with van der Waals surface area (Å²) in [5.41, 5.74) is 0.497. The van der Waals surface area contributed by atoms with Crippen LogP contribution in [0.3, 0.4) is 0 Å². The SMILES string of the molecule is CCOC(=O)C(C)=C[C@H](C(C)C)N(C)C(=O)[C@@H](NC(=O)C1CCCCN1C(C)C)C1CCCC1. The van der Waals surface area contributed by atoms with Crippen molar-refractivity contribution in [2.45, 2.75) is 111 Å². The van der Waals surface area contributed by atoms with Crippen molar-refractivity contribution in [3.8, 4) is 0 Å². The average molecular weight is 478 g/mol. The van der Waals surface area contributed by atoms with Gasteiger partial charge in [0.2, 0.25) is 11.8 Å². The lowest BCUT2D eigenvalue weighted by Crippen LogP contribution is -2.59. The van der Waals surface area contributed by atoms with E-state index in [0.29, 0.717) is 18.2 Å². The predicted molar refractivity (Wildman–Crippen MR) is 135 cm³/mol. The fourth-order valence-electron chi connectivity index (χ4n) is 5.46. The Morgan fingerprint density at radius 1 is 1.06 bits per heavy atom. The van der Waals surface area contributed by atoms with E-state index in [0.717, 1.165) is 51.5 Å².